The van der Waals surface area contributed by atoms with E-state index in [0.29, 0.717) is 12.5 Å². The Morgan fingerprint density at radius 1 is 1.14 bits per heavy atom. The molecule has 2 rings (SSSR count). The van der Waals surface area contributed by atoms with E-state index in [0.717, 1.165) is 12.8 Å². The second-order valence-corrected chi connectivity index (χ2v) is 6.38. The number of hydrogen-bond acceptors (Lipinski definition) is 3. The van der Waals surface area contributed by atoms with E-state index in [1.165, 1.54) is 24.2 Å². The fraction of sp³-hybridized carbons (Fsp3) is 0.750. The van der Waals surface area contributed by atoms with Crippen LogP contribution in [0.3, 0.4) is 0 Å². The summed E-state index contributed by atoms with van der Waals surface area (Å²) < 4.78 is 0. The Kier molecular flexibility index (Phi) is 5.39. The summed E-state index contributed by atoms with van der Waals surface area (Å²) in [7, 11) is 3.56. The van der Waals surface area contributed by atoms with Gasteiger partial charge in [0.05, 0.1) is 12.5 Å². The highest BCUT2D eigenvalue weighted by atomic mass is 16.2. The average Bonchev–Trinajstić information content (AvgIpc) is 2.93. The average molecular weight is 293 g/mol. The van der Waals surface area contributed by atoms with Crippen molar-refractivity contribution in [2.75, 3.05) is 20.6 Å². The molecule has 0 aromatic heterocycles. The van der Waals surface area contributed by atoms with Crippen LogP contribution in [0.1, 0.15) is 38.5 Å². The maximum Gasteiger partial charge on any atom is 0.242 e. The predicted octanol–water partition coefficient (Wildman–Crippen LogP) is 1.14. The zero-order chi connectivity index (χ0) is 15.4. The number of nitrogens with zero attached hydrogens (tertiary/aromatic N) is 2. The largest absolute Gasteiger partial charge is 0.341 e. The minimum absolute atomic E-state index is 0.00964. The number of likely N-dealkylation sites (N-methyl/N-ethyl adjacent to an activating group) is 2. The van der Waals surface area contributed by atoms with Crippen molar-refractivity contribution in [3.63, 3.8) is 0 Å². The second-order valence-electron chi connectivity index (χ2n) is 6.38. The lowest BCUT2D eigenvalue weighted by Crippen LogP contribution is -2.45. The van der Waals surface area contributed by atoms with E-state index in [1.54, 1.807) is 7.05 Å². The molecule has 0 bridgehead atoms. The SMILES string of the molecule is CN(CC(=O)N(C)C1CCCCC1)C(=O)C1C=CC(N)C1. The third-order valence-corrected chi connectivity index (χ3v) is 4.70. The highest BCUT2D eigenvalue weighted by molar-refractivity contribution is 5.87. The Morgan fingerprint density at radius 2 is 1.81 bits per heavy atom. The molecule has 2 aliphatic rings. The number of amides is 2. The summed E-state index contributed by atoms with van der Waals surface area (Å²) >= 11 is 0. The summed E-state index contributed by atoms with van der Waals surface area (Å²) in [4.78, 5) is 28.0. The number of carbonyl (C=O) groups is 2. The highest BCUT2D eigenvalue weighted by Crippen LogP contribution is 2.22. The molecule has 2 atom stereocenters. The zero-order valence-electron chi connectivity index (χ0n) is 13.1. The fourth-order valence-electron chi connectivity index (χ4n) is 3.26. The van der Waals surface area contributed by atoms with Crippen LogP contribution in [-0.4, -0.2) is 54.3 Å². The fourth-order valence-corrected chi connectivity index (χ4v) is 3.26. The first kappa shape index (κ1) is 16.0. The summed E-state index contributed by atoms with van der Waals surface area (Å²) in [6.07, 6.45) is 10.2. The van der Waals surface area contributed by atoms with Gasteiger partial charge in [-0.25, -0.2) is 0 Å². The monoisotopic (exact) mass is 293 g/mol. The molecule has 1 fully saturated rings. The Balaban J connectivity index is 1.83. The van der Waals surface area contributed by atoms with Crippen molar-refractivity contribution in [3.8, 4) is 0 Å². The van der Waals surface area contributed by atoms with E-state index < -0.39 is 0 Å². The molecule has 1 saturated carbocycles. The van der Waals surface area contributed by atoms with Crippen LogP contribution in [0.4, 0.5) is 0 Å². The van der Waals surface area contributed by atoms with Crippen molar-refractivity contribution < 1.29 is 9.59 Å². The molecule has 2 aliphatic carbocycles. The van der Waals surface area contributed by atoms with Gasteiger partial charge in [-0.05, 0) is 19.3 Å². The smallest absolute Gasteiger partial charge is 0.242 e. The van der Waals surface area contributed by atoms with Gasteiger partial charge in [-0.1, -0.05) is 31.4 Å². The number of hydrogen-bond donors (Lipinski definition) is 1. The maximum atomic E-state index is 12.3. The van der Waals surface area contributed by atoms with Crippen molar-refractivity contribution in [3.05, 3.63) is 12.2 Å². The van der Waals surface area contributed by atoms with Gasteiger partial charge in [0.2, 0.25) is 11.8 Å². The first-order valence-corrected chi connectivity index (χ1v) is 7.93. The zero-order valence-corrected chi connectivity index (χ0v) is 13.1. The number of nitrogens with two attached hydrogens (primary N) is 1. The molecule has 2 unspecified atom stereocenters. The van der Waals surface area contributed by atoms with Crippen molar-refractivity contribution in [2.24, 2.45) is 11.7 Å². The van der Waals surface area contributed by atoms with Gasteiger partial charge < -0.3 is 15.5 Å². The lowest BCUT2D eigenvalue weighted by Gasteiger charge is -2.32. The number of carbonyl (C=O) groups excluding carboxylic acids is 2. The standard InChI is InChI=1S/C16H27N3O2/c1-18(16(21)12-8-9-13(17)10-12)11-15(20)19(2)14-6-4-3-5-7-14/h8-9,12-14H,3-7,10-11,17H2,1-2H3. The van der Waals surface area contributed by atoms with Crippen LogP contribution in [0.5, 0.6) is 0 Å². The van der Waals surface area contributed by atoms with E-state index in [2.05, 4.69) is 0 Å². The summed E-state index contributed by atoms with van der Waals surface area (Å²) in [6, 6.07) is 0.308. The van der Waals surface area contributed by atoms with Gasteiger partial charge in [0, 0.05) is 26.2 Å². The van der Waals surface area contributed by atoms with Crippen LogP contribution in [0.15, 0.2) is 12.2 Å². The van der Waals surface area contributed by atoms with Crippen LogP contribution in [-0.2, 0) is 9.59 Å². The lowest BCUT2D eigenvalue weighted by molar-refractivity contribution is -0.141. The molecule has 2 N–H and O–H groups in total. The molecule has 0 spiro atoms. The quantitative estimate of drug-likeness (QED) is 0.790. The van der Waals surface area contributed by atoms with Gasteiger partial charge in [-0.2, -0.15) is 0 Å². The lowest BCUT2D eigenvalue weighted by atomic mass is 9.94. The highest BCUT2D eigenvalue weighted by Gasteiger charge is 2.28. The van der Waals surface area contributed by atoms with Crippen molar-refractivity contribution in [1.29, 1.82) is 0 Å². The molecule has 0 heterocycles. The molecule has 0 aromatic rings. The summed E-state index contributed by atoms with van der Waals surface area (Å²) in [5.41, 5.74) is 5.78. The van der Waals surface area contributed by atoms with Gasteiger partial charge in [0.1, 0.15) is 0 Å². The van der Waals surface area contributed by atoms with Crippen LogP contribution >= 0.6 is 0 Å². The minimum Gasteiger partial charge on any atom is -0.341 e. The third-order valence-electron chi connectivity index (χ3n) is 4.70. The van der Waals surface area contributed by atoms with E-state index in [9.17, 15) is 9.59 Å². The predicted molar refractivity (Wildman–Crippen MR) is 82.5 cm³/mol. The minimum atomic E-state index is -0.169. The van der Waals surface area contributed by atoms with E-state index in [-0.39, 0.29) is 30.3 Å². The third kappa shape index (κ3) is 4.06. The van der Waals surface area contributed by atoms with Crippen molar-refractivity contribution >= 4 is 11.8 Å². The maximum absolute atomic E-state index is 12.3. The van der Waals surface area contributed by atoms with E-state index in [1.807, 2.05) is 24.1 Å². The molecular weight excluding hydrogens is 266 g/mol. The Hall–Kier alpha value is -1.36. The molecular formula is C16H27N3O2. The topological polar surface area (TPSA) is 66.6 Å². The molecule has 0 saturated heterocycles. The first-order chi connectivity index (χ1) is 9.99. The number of rotatable bonds is 4. The van der Waals surface area contributed by atoms with Gasteiger partial charge in [0.15, 0.2) is 0 Å². The van der Waals surface area contributed by atoms with Gasteiger partial charge in [-0.15, -0.1) is 0 Å². The molecule has 0 aliphatic heterocycles. The van der Waals surface area contributed by atoms with E-state index >= 15 is 0 Å². The second kappa shape index (κ2) is 7.07. The van der Waals surface area contributed by atoms with Gasteiger partial charge in [-0.3, -0.25) is 9.59 Å². The molecule has 0 aromatic carbocycles. The molecule has 118 valence electrons. The van der Waals surface area contributed by atoms with Gasteiger partial charge >= 0.3 is 0 Å². The van der Waals surface area contributed by atoms with Crippen LogP contribution < -0.4 is 5.73 Å². The van der Waals surface area contributed by atoms with E-state index in [4.69, 9.17) is 5.73 Å². The van der Waals surface area contributed by atoms with Crippen LogP contribution in [0.2, 0.25) is 0 Å². The summed E-state index contributed by atoms with van der Waals surface area (Å²) in [6.45, 7) is 0.158. The Morgan fingerprint density at radius 3 is 2.38 bits per heavy atom. The summed E-state index contributed by atoms with van der Waals surface area (Å²) in [5, 5.41) is 0. The molecule has 5 nitrogen and oxygen atoms in total. The normalized spacial score (nSPS) is 25.9. The summed E-state index contributed by atoms with van der Waals surface area (Å²) in [5.74, 6) is -0.147. The van der Waals surface area contributed by atoms with Crippen LogP contribution in [0.25, 0.3) is 0 Å². The Bertz CT molecular complexity index is 416. The van der Waals surface area contributed by atoms with Crippen molar-refractivity contribution in [2.45, 2.75) is 50.6 Å². The van der Waals surface area contributed by atoms with Crippen molar-refractivity contribution in [1.82, 2.24) is 9.80 Å². The van der Waals surface area contributed by atoms with Gasteiger partial charge in [0.25, 0.3) is 0 Å². The molecule has 0 radical (unpaired) electrons. The first-order valence-electron chi connectivity index (χ1n) is 7.93. The Labute approximate surface area is 127 Å². The molecule has 5 heteroatoms. The molecule has 21 heavy (non-hydrogen) atoms. The van der Waals surface area contributed by atoms with Crippen LogP contribution in [0, 0.1) is 5.92 Å². The molecule has 2 amide bonds.